The van der Waals surface area contributed by atoms with Crippen LogP contribution in [0.5, 0.6) is 0 Å². The van der Waals surface area contributed by atoms with Gasteiger partial charge in [0.15, 0.2) is 0 Å². The minimum Gasteiger partial charge on any atom is -0.296 e. The topological polar surface area (TPSA) is 44.0 Å². The van der Waals surface area contributed by atoms with Gasteiger partial charge in [-0.2, -0.15) is 0 Å². The maximum atomic E-state index is 12.9. The highest BCUT2D eigenvalue weighted by Crippen LogP contribution is 2.03. The quantitative estimate of drug-likeness (QED) is 0.652. The van der Waals surface area contributed by atoms with Crippen molar-refractivity contribution >= 4 is 0 Å². The van der Waals surface area contributed by atoms with Crippen LogP contribution < -0.4 is 11.2 Å². The van der Waals surface area contributed by atoms with E-state index < -0.39 is 0 Å². The van der Waals surface area contributed by atoms with Gasteiger partial charge in [-0.25, -0.2) is 4.79 Å². The zero-order chi connectivity index (χ0) is 17.6. The Bertz CT molecular complexity index is 970. The highest BCUT2D eigenvalue weighted by Gasteiger charge is 2.11. The van der Waals surface area contributed by atoms with E-state index in [-0.39, 0.29) is 17.8 Å². The molecule has 0 aliphatic rings. The van der Waals surface area contributed by atoms with Crippen LogP contribution in [0.1, 0.15) is 16.7 Å². The van der Waals surface area contributed by atoms with E-state index in [9.17, 15) is 9.59 Å². The molecular weight excluding hydrogens is 312 g/mol. The zero-order valence-corrected chi connectivity index (χ0v) is 14.0. The van der Waals surface area contributed by atoms with Crippen LogP contribution in [0.4, 0.5) is 0 Å². The fraction of sp³-hybridized carbons (Fsp3) is 0.143. The van der Waals surface area contributed by atoms with Gasteiger partial charge >= 0.3 is 5.69 Å². The summed E-state index contributed by atoms with van der Waals surface area (Å²) in [6.45, 7) is 4.40. The molecule has 126 valence electrons. The minimum atomic E-state index is -0.300. The van der Waals surface area contributed by atoms with Crippen LogP contribution >= 0.6 is 0 Å². The molecule has 0 fully saturated rings. The number of allylic oxidation sites excluding steroid dienone is 1. The molecule has 25 heavy (non-hydrogen) atoms. The third-order valence-electron chi connectivity index (χ3n) is 4.05. The van der Waals surface area contributed by atoms with Crippen LogP contribution in [0.15, 0.2) is 89.1 Å². The molecule has 1 aromatic heterocycles. The van der Waals surface area contributed by atoms with Gasteiger partial charge in [-0.05, 0) is 17.5 Å². The fourth-order valence-electron chi connectivity index (χ4n) is 2.81. The van der Waals surface area contributed by atoms with E-state index in [0.29, 0.717) is 18.5 Å². The predicted molar refractivity (Wildman–Crippen MR) is 100.0 cm³/mol. The van der Waals surface area contributed by atoms with Crippen LogP contribution in [-0.2, 0) is 19.5 Å². The van der Waals surface area contributed by atoms with Gasteiger partial charge in [-0.1, -0.05) is 66.7 Å². The average molecular weight is 332 g/mol. The predicted octanol–water partition coefficient (Wildman–Crippen LogP) is 2.84. The first-order chi connectivity index (χ1) is 12.2. The van der Waals surface area contributed by atoms with Gasteiger partial charge in [0.25, 0.3) is 5.56 Å². The van der Waals surface area contributed by atoms with Gasteiger partial charge in [0.1, 0.15) is 0 Å². The van der Waals surface area contributed by atoms with Gasteiger partial charge in [-0.15, -0.1) is 6.58 Å². The molecule has 0 unspecified atom stereocenters. The molecule has 0 bridgehead atoms. The molecule has 0 saturated heterocycles. The van der Waals surface area contributed by atoms with Crippen LogP contribution in [0.25, 0.3) is 0 Å². The Labute approximate surface area is 146 Å². The fourth-order valence-corrected chi connectivity index (χ4v) is 2.81. The lowest BCUT2D eigenvalue weighted by atomic mass is 10.2. The Morgan fingerprint density at radius 1 is 0.840 bits per heavy atom. The number of rotatable bonds is 6. The van der Waals surface area contributed by atoms with E-state index in [1.807, 2.05) is 60.7 Å². The number of hydrogen-bond acceptors (Lipinski definition) is 2. The van der Waals surface area contributed by atoms with Crippen molar-refractivity contribution in [3.05, 3.63) is 117 Å². The lowest BCUT2D eigenvalue weighted by Gasteiger charge is -2.13. The van der Waals surface area contributed by atoms with E-state index in [2.05, 4.69) is 6.58 Å². The smallest absolute Gasteiger partial charge is 0.296 e. The van der Waals surface area contributed by atoms with Crippen molar-refractivity contribution < 1.29 is 0 Å². The van der Waals surface area contributed by atoms with Gasteiger partial charge in [-0.3, -0.25) is 13.9 Å². The number of nitrogens with zero attached hydrogens (tertiary/aromatic N) is 2. The Kier molecular flexibility index (Phi) is 5.09. The van der Waals surface area contributed by atoms with Gasteiger partial charge in [0, 0.05) is 11.8 Å². The highest BCUT2D eigenvalue weighted by molar-refractivity contribution is 5.19. The molecule has 0 N–H and O–H groups in total. The van der Waals surface area contributed by atoms with Crippen LogP contribution in [0.3, 0.4) is 0 Å². The second-order valence-electron chi connectivity index (χ2n) is 5.92. The first kappa shape index (κ1) is 16.7. The molecule has 0 saturated carbocycles. The lowest BCUT2D eigenvalue weighted by Crippen LogP contribution is -2.41. The first-order valence-corrected chi connectivity index (χ1v) is 8.21. The SMILES string of the molecule is C=CCc1cn(Cc2ccccc2)c(=O)n(Cc2ccccc2)c1=O. The molecule has 0 amide bonds. The van der Waals surface area contributed by atoms with Crippen molar-refractivity contribution in [2.45, 2.75) is 19.5 Å². The standard InChI is InChI=1S/C21H20N2O2/c1-2-9-19-16-22(14-17-10-5-3-6-11-17)21(25)23(20(19)24)15-18-12-7-4-8-13-18/h2-8,10-13,16H,1,9,14-15H2. The van der Waals surface area contributed by atoms with E-state index in [1.165, 1.54) is 4.57 Å². The Morgan fingerprint density at radius 2 is 1.40 bits per heavy atom. The summed E-state index contributed by atoms with van der Waals surface area (Å²) in [6.07, 6.45) is 3.77. The monoisotopic (exact) mass is 332 g/mol. The molecule has 0 aliphatic carbocycles. The maximum absolute atomic E-state index is 12.9. The molecule has 3 rings (SSSR count). The summed E-state index contributed by atoms with van der Waals surface area (Å²) in [6, 6.07) is 19.3. The molecule has 0 radical (unpaired) electrons. The summed E-state index contributed by atoms with van der Waals surface area (Å²) < 4.78 is 2.90. The number of hydrogen-bond donors (Lipinski definition) is 0. The Balaban J connectivity index is 2.08. The van der Waals surface area contributed by atoms with E-state index >= 15 is 0 Å². The van der Waals surface area contributed by atoms with Crippen molar-refractivity contribution in [1.82, 2.24) is 9.13 Å². The van der Waals surface area contributed by atoms with Crippen LogP contribution in [0, 0.1) is 0 Å². The number of aromatic nitrogens is 2. The van der Waals surface area contributed by atoms with E-state index in [1.54, 1.807) is 16.8 Å². The third-order valence-corrected chi connectivity index (χ3v) is 4.05. The molecule has 4 nitrogen and oxygen atoms in total. The minimum absolute atomic E-state index is 0.252. The van der Waals surface area contributed by atoms with E-state index in [4.69, 9.17) is 0 Å². The van der Waals surface area contributed by atoms with Gasteiger partial charge in [0.05, 0.1) is 13.1 Å². The molecule has 2 aromatic carbocycles. The van der Waals surface area contributed by atoms with Crippen LogP contribution in [0.2, 0.25) is 0 Å². The molecule has 0 atom stereocenters. The largest absolute Gasteiger partial charge is 0.331 e. The van der Waals surface area contributed by atoms with Crippen molar-refractivity contribution in [3.63, 3.8) is 0 Å². The lowest BCUT2D eigenvalue weighted by molar-refractivity contribution is 0.603. The number of benzene rings is 2. The normalized spacial score (nSPS) is 10.6. The maximum Gasteiger partial charge on any atom is 0.331 e. The summed E-state index contributed by atoms with van der Waals surface area (Å²) >= 11 is 0. The Hall–Kier alpha value is -3.14. The summed E-state index contributed by atoms with van der Waals surface area (Å²) in [5.41, 5.74) is 1.95. The third kappa shape index (κ3) is 3.86. The van der Waals surface area contributed by atoms with E-state index in [0.717, 1.165) is 11.1 Å². The van der Waals surface area contributed by atoms with Crippen molar-refractivity contribution in [1.29, 1.82) is 0 Å². The molecule has 4 heteroatoms. The summed E-state index contributed by atoms with van der Waals surface area (Å²) in [5, 5.41) is 0. The van der Waals surface area contributed by atoms with Crippen molar-refractivity contribution in [2.24, 2.45) is 0 Å². The second-order valence-corrected chi connectivity index (χ2v) is 5.92. The highest BCUT2D eigenvalue weighted by atomic mass is 16.2. The second kappa shape index (κ2) is 7.62. The Morgan fingerprint density at radius 3 is 1.96 bits per heavy atom. The van der Waals surface area contributed by atoms with Crippen molar-refractivity contribution in [2.75, 3.05) is 0 Å². The molecule has 0 aliphatic heterocycles. The summed E-state index contributed by atoms with van der Waals surface area (Å²) in [5.74, 6) is 0. The first-order valence-electron chi connectivity index (χ1n) is 8.21. The van der Waals surface area contributed by atoms with Gasteiger partial charge < -0.3 is 0 Å². The summed E-state index contributed by atoms with van der Waals surface area (Å²) in [4.78, 5) is 25.5. The van der Waals surface area contributed by atoms with Crippen LogP contribution in [-0.4, -0.2) is 9.13 Å². The van der Waals surface area contributed by atoms with Crippen molar-refractivity contribution in [3.8, 4) is 0 Å². The zero-order valence-electron chi connectivity index (χ0n) is 14.0. The molecular formula is C21H20N2O2. The average Bonchev–Trinajstić information content (AvgIpc) is 2.64. The molecule has 1 heterocycles. The van der Waals surface area contributed by atoms with Gasteiger partial charge in [0.2, 0.25) is 0 Å². The molecule has 0 spiro atoms. The molecule has 3 aromatic rings. The summed E-state index contributed by atoms with van der Waals surface area (Å²) in [7, 11) is 0.